The first-order valence-corrected chi connectivity index (χ1v) is 7.76. The van der Waals surface area contributed by atoms with Gasteiger partial charge in [0, 0.05) is 25.2 Å². The number of amides is 1. The van der Waals surface area contributed by atoms with Crippen LogP contribution in [0.4, 0.5) is 0 Å². The van der Waals surface area contributed by atoms with Crippen molar-refractivity contribution in [3.05, 3.63) is 35.9 Å². The summed E-state index contributed by atoms with van der Waals surface area (Å²) in [5.41, 5.74) is 7.33. The standard InChI is InChI=1S/C17H27N3O.ClH/c1-13(16(18)14-8-5-4-6-9-14)17(21)20-11-7-10-15(20)12-19(2)3;/h4-6,8-9,13,15-16H,7,10-12,18H2,1-3H3;1H. The van der Waals surface area contributed by atoms with Gasteiger partial charge in [-0.2, -0.15) is 0 Å². The minimum atomic E-state index is -0.237. The van der Waals surface area contributed by atoms with Gasteiger partial charge in [-0.1, -0.05) is 37.3 Å². The molecule has 0 saturated carbocycles. The van der Waals surface area contributed by atoms with Gasteiger partial charge in [-0.25, -0.2) is 0 Å². The summed E-state index contributed by atoms with van der Waals surface area (Å²) < 4.78 is 0. The molecular formula is C17H28ClN3O. The fraction of sp³-hybridized carbons (Fsp3) is 0.588. The van der Waals surface area contributed by atoms with Crippen LogP contribution in [-0.4, -0.2) is 48.9 Å². The predicted octanol–water partition coefficient (Wildman–Crippen LogP) is 2.30. The first kappa shape index (κ1) is 18.9. The lowest BCUT2D eigenvalue weighted by molar-refractivity contribution is -0.136. The number of likely N-dealkylation sites (N-methyl/N-ethyl adjacent to an activating group) is 1. The normalized spacial score (nSPS) is 20.6. The van der Waals surface area contributed by atoms with E-state index in [1.807, 2.05) is 42.2 Å². The Morgan fingerprint density at radius 3 is 2.59 bits per heavy atom. The number of benzene rings is 1. The number of nitrogens with two attached hydrogens (primary N) is 1. The van der Waals surface area contributed by atoms with Gasteiger partial charge >= 0.3 is 0 Å². The highest BCUT2D eigenvalue weighted by molar-refractivity contribution is 5.85. The molecule has 4 nitrogen and oxygen atoms in total. The second-order valence-electron chi connectivity index (χ2n) is 6.32. The Morgan fingerprint density at radius 1 is 1.36 bits per heavy atom. The van der Waals surface area contributed by atoms with Crippen molar-refractivity contribution in [2.24, 2.45) is 11.7 Å². The van der Waals surface area contributed by atoms with Crippen LogP contribution in [0.15, 0.2) is 30.3 Å². The third-order valence-corrected chi connectivity index (χ3v) is 4.35. The fourth-order valence-electron chi connectivity index (χ4n) is 3.12. The number of likely N-dealkylation sites (tertiary alicyclic amines) is 1. The van der Waals surface area contributed by atoms with Crippen molar-refractivity contribution in [3.63, 3.8) is 0 Å². The van der Waals surface area contributed by atoms with Crippen LogP contribution < -0.4 is 5.73 Å². The highest BCUT2D eigenvalue weighted by atomic mass is 35.5. The predicted molar refractivity (Wildman–Crippen MR) is 93.1 cm³/mol. The lowest BCUT2D eigenvalue weighted by Crippen LogP contribution is -2.45. The van der Waals surface area contributed by atoms with Gasteiger partial charge in [0.25, 0.3) is 0 Å². The zero-order valence-corrected chi connectivity index (χ0v) is 14.6. The van der Waals surface area contributed by atoms with E-state index in [4.69, 9.17) is 5.73 Å². The molecule has 1 aliphatic heterocycles. The fourth-order valence-corrected chi connectivity index (χ4v) is 3.12. The Balaban J connectivity index is 0.00000242. The van der Waals surface area contributed by atoms with E-state index in [1.54, 1.807) is 0 Å². The van der Waals surface area contributed by atoms with Crippen molar-refractivity contribution in [2.75, 3.05) is 27.2 Å². The molecule has 0 aromatic heterocycles. The molecule has 2 N–H and O–H groups in total. The Labute approximate surface area is 140 Å². The molecule has 3 atom stereocenters. The lowest BCUT2D eigenvalue weighted by atomic mass is 9.94. The van der Waals surface area contributed by atoms with E-state index in [0.29, 0.717) is 6.04 Å². The maximum Gasteiger partial charge on any atom is 0.227 e. The second kappa shape index (κ2) is 8.51. The van der Waals surface area contributed by atoms with Gasteiger partial charge in [0.05, 0.1) is 5.92 Å². The molecule has 0 spiro atoms. The summed E-state index contributed by atoms with van der Waals surface area (Å²) in [6, 6.07) is 9.99. The molecule has 0 aliphatic carbocycles. The van der Waals surface area contributed by atoms with Crippen molar-refractivity contribution in [1.29, 1.82) is 0 Å². The molecule has 1 heterocycles. The van der Waals surface area contributed by atoms with Crippen LogP contribution in [0.2, 0.25) is 0 Å². The summed E-state index contributed by atoms with van der Waals surface area (Å²) in [5.74, 6) is 0.00543. The van der Waals surface area contributed by atoms with Gasteiger partial charge in [-0.15, -0.1) is 12.4 Å². The summed E-state index contributed by atoms with van der Waals surface area (Å²) in [7, 11) is 4.11. The average molecular weight is 326 g/mol. The highest BCUT2D eigenvalue weighted by Gasteiger charge is 2.33. The maximum atomic E-state index is 12.8. The molecule has 5 heteroatoms. The topological polar surface area (TPSA) is 49.6 Å². The van der Waals surface area contributed by atoms with E-state index in [1.165, 1.54) is 0 Å². The van der Waals surface area contributed by atoms with Crippen molar-refractivity contribution in [2.45, 2.75) is 31.8 Å². The zero-order valence-electron chi connectivity index (χ0n) is 13.7. The molecule has 0 radical (unpaired) electrons. The van der Waals surface area contributed by atoms with Crippen LogP contribution in [-0.2, 0) is 4.79 Å². The average Bonchev–Trinajstić information content (AvgIpc) is 2.93. The summed E-state index contributed by atoms with van der Waals surface area (Å²) >= 11 is 0. The summed E-state index contributed by atoms with van der Waals surface area (Å²) in [4.78, 5) is 17.0. The van der Waals surface area contributed by atoms with Crippen LogP contribution in [0.1, 0.15) is 31.4 Å². The summed E-state index contributed by atoms with van der Waals surface area (Å²) in [6.45, 7) is 3.74. The van der Waals surface area contributed by atoms with Crippen molar-refractivity contribution < 1.29 is 4.79 Å². The molecule has 1 fully saturated rings. The summed E-state index contributed by atoms with van der Waals surface area (Å²) in [5, 5.41) is 0. The van der Waals surface area contributed by atoms with Gasteiger partial charge in [0.1, 0.15) is 0 Å². The molecule has 2 rings (SSSR count). The zero-order chi connectivity index (χ0) is 15.4. The molecule has 124 valence electrons. The van der Waals surface area contributed by atoms with Gasteiger partial charge in [0.2, 0.25) is 5.91 Å². The monoisotopic (exact) mass is 325 g/mol. The molecule has 3 unspecified atom stereocenters. The highest BCUT2D eigenvalue weighted by Crippen LogP contribution is 2.26. The Hall–Kier alpha value is -1.10. The molecule has 1 saturated heterocycles. The number of rotatable bonds is 5. The Bertz CT molecular complexity index is 466. The largest absolute Gasteiger partial charge is 0.338 e. The van der Waals surface area contributed by atoms with Crippen molar-refractivity contribution in [3.8, 4) is 0 Å². The minimum Gasteiger partial charge on any atom is -0.338 e. The van der Waals surface area contributed by atoms with Gasteiger partial charge < -0.3 is 15.5 Å². The van der Waals surface area contributed by atoms with Crippen LogP contribution in [0, 0.1) is 5.92 Å². The van der Waals surface area contributed by atoms with Gasteiger partial charge in [-0.05, 0) is 32.5 Å². The SMILES string of the molecule is CC(C(=O)N1CCCC1CN(C)C)C(N)c1ccccc1.Cl. The molecule has 1 aromatic rings. The van der Waals surface area contributed by atoms with E-state index in [-0.39, 0.29) is 30.3 Å². The first-order chi connectivity index (χ1) is 10.0. The van der Waals surface area contributed by atoms with Crippen molar-refractivity contribution in [1.82, 2.24) is 9.80 Å². The molecule has 1 aliphatic rings. The minimum absolute atomic E-state index is 0. The number of hydrogen-bond acceptors (Lipinski definition) is 3. The number of halogens is 1. The van der Waals surface area contributed by atoms with Gasteiger partial charge in [0.15, 0.2) is 0 Å². The van der Waals surface area contributed by atoms with E-state index in [9.17, 15) is 4.79 Å². The van der Waals surface area contributed by atoms with Crippen LogP contribution >= 0.6 is 12.4 Å². The second-order valence-corrected chi connectivity index (χ2v) is 6.32. The molecule has 22 heavy (non-hydrogen) atoms. The first-order valence-electron chi connectivity index (χ1n) is 7.76. The van der Waals surface area contributed by atoms with Crippen molar-refractivity contribution >= 4 is 18.3 Å². The number of hydrogen-bond donors (Lipinski definition) is 1. The third-order valence-electron chi connectivity index (χ3n) is 4.35. The van der Waals surface area contributed by atoms with E-state index in [0.717, 1.165) is 31.5 Å². The van der Waals surface area contributed by atoms with E-state index < -0.39 is 0 Å². The smallest absolute Gasteiger partial charge is 0.227 e. The van der Waals surface area contributed by atoms with Crippen LogP contribution in [0.25, 0.3) is 0 Å². The van der Waals surface area contributed by atoms with Gasteiger partial charge in [-0.3, -0.25) is 4.79 Å². The third kappa shape index (κ3) is 4.45. The number of nitrogens with zero attached hydrogens (tertiary/aromatic N) is 2. The quantitative estimate of drug-likeness (QED) is 0.903. The number of carbonyl (C=O) groups excluding carboxylic acids is 1. The molecular weight excluding hydrogens is 298 g/mol. The van der Waals surface area contributed by atoms with Crippen LogP contribution in [0.5, 0.6) is 0 Å². The number of carbonyl (C=O) groups is 1. The summed E-state index contributed by atoms with van der Waals surface area (Å²) in [6.07, 6.45) is 2.19. The molecule has 0 bridgehead atoms. The lowest BCUT2D eigenvalue weighted by Gasteiger charge is -2.31. The Kier molecular flexibility index (Phi) is 7.33. The van der Waals surface area contributed by atoms with E-state index >= 15 is 0 Å². The van der Waals surface area contributed by atoms with Crippen LogP contribution in [0.3, 0.4) is 0 Å². The maximum absolute atomic E-state index is 12.8. The van der Waals surface area contributed by atoms with E-state index in [2.05, 4.69) is 19.0 Å². The molecule has 1 amide bonds. The molecule has 1 aromatic carbocycles. The Morgan fingerprint density at radius 2 is 2.00 bits per heavy atom.